The summed E-state index contributed by atoms with van der Waals surface area (Å²) in [6, 6.07) is 7.80. The molecule has 2 N–H and O–H groups in total. The van der Waals surface area contributed by atoms with Crippen LogP contribution in [0.1, 0.15) is 20.8 Å². The number of β-lactam (4-membered cyclic amide) rings is 1. The molecule has 31 heavy (non-hydrogen) atoms. The fourth-order valence-electron chi connectivity index (χ4n) is 2.83. The number of fused-ring (bicyclic) bond motifs is 1. The van der Waals surface area contributed by atoms with Crippen molar-refractivity contribution in [1.82, 2.24) is 10.2 Å². The molecule has 1 aromatic rings. The van der Waals surface area contributed by atoms with Gasteiger partial charge in [0.2, 0.25) is 5.84 Å². The van der Waals surface area contributed by atoms with Gasteiger partial charge in [-0.2, -0.15) is 0 Å². The molecule has 10 nitrogen and oxygen atoms in total. The Bertz CT molecular complexity index is 913. The average molecular weight is 449 g/mol. The summed E-state index contributed by atoms with van der Waals surface area (Å²) in [6.07, 6.45) is 0. The van der Waals surface area contributed by atoms with Crippen LogP contribution in [0.15, 0.2) is 35.3 Å². The normalized spacial score (nSPS) is 22.5. The highest BCUT2D eigenvalue weighted by atomic mass is 32.2. The van der Waals surface area contributed by atoms with Crippen LogP contribution in [0.25, 0.3) is 0 Å². The summed E-state index contributed by atoms with van der Waals surface area (Å²) in [6.45, 7) is 4.66. The zero-order valence-electron chi connectivity index (χ0n) is 17.2. The minimum atomic E-state index is -1.37. The van der Waals surface area contributed by atoms with Gasteiger partial charge in [0.05, 0.1) is 5.41 Å². The maximum Gasteiger partial charge on any atom is 0.371 e. The van der Waals surface area contributed by atoms with Crippen molar-refractivity contribution in [2.24, 2.45) is 10.4 Å². The number of rotatable bonds is 7. The van der Waals surface area contributed by atoms with Crippen molar-refractivity contribution in [1.29, 1.82) is 0 Å². The number of carbonyl (C=O) groups excluding carboxylic acids is 3. The molecule has 0 aromatic heterocycles. The van der Waals surface area contributed by atoms with Gasteiger partial charge >= 0.3 is 11.9 Å². The quantitative estimate of drug-likeness (QED) is 0.462. The molecule has 1 saturated heterocycles. The minimum Gasteiger partial charge on any atom is -0.484 e. The second kappa shape index (κ2) is 8.96. The van der Waals surface area contributed by atoms with Crippen LogP contribution in [0, 0.1) is 5.41 Å². The van der Waals surface area contributed by atoms with E-state index in [0.29, 0.717) is 5.75 Å². The third kappa shape index (κ3) is 5.16. The van der Waals surface area contributed by atoms with Gasteiger partial charge in [-0.15, -0.1) is 11.8 Å². The van der Waals surface area contributed by atoms with Crippen LogP contribution in [0.5, 0.6) is 5.75 Å². The number of nitrogens with zero attached hydrogens (tertiary/aromatic N) is 2. The van der Waals surface area contributed by atoms with Crippen LogP contribution in [-0.2, 0) is 23.9 Å². The standard InChI is InChI=1S/C20H23N3O7S/c1-20(2,3)19(28)30-10-13-22-15(18(26)27)23-16(25)14(17(23)31-13)21-12(24)9-29-11-7-5-4-6-8-11/h4-8,13-14,17H,9-10H2,1-3H3,(H,21,24)(H,26,27). The van der Waals surface area contributed by atoms with E-state index < -0.39 is 51.8 Å². The first-order valence-electron chi connectivity index (χ1n) is 9.52. The average Bonchev–Trinajstić information content (AvgIpc) is 2.73. The Morgan fingerprint density at radius 1 is 1.23 bits per heavy atom. The van der Waals surface area contributed by atoms with Gasteiger partial charge in [-0.25, -0.2) is 9.79 Å². The molecule has 2 aliphatic heterocycles. The zero-order chi connectivity index (χ0) is 22.8. The van der Waals surface area contributed by atoms with Crippen LogP contribution in [0.3, 0.4) is 0 Å². The molecule has 3 atom stereocenters. The first kappa shape index (κ1) is 22.6. The molecule has 0 saturated carbocycles. The summed E-state index contributed by atoms with van der Waals surface area (Å²) in [5.41, 5.74) is -0.716. The summed E-state index contributed by atoms with van der Waals surface area (Å²) < 4.78 is 10.6. The van der Waals surface area contributed by atoms with Gasteiger partial charge in [-0.3, -0.25) is 19.3 Å². The number of thioether (sulfide) groups is 1. The van der Waals surface area contributed by atoms with Crippen LogP contribution in [0.4, 0.5) is 0 Å². The molecule has 2 aliphatic rings. The monoisotopic (exact) mass is 449 g/mol. The van der Waals surface area contributed by atoms with Crippen molar-refractivity contribution in [2.45, 2.75) is 37.6 Å². The molecule has 3 rings (SSSR count). The molecule has 0 aliphatic carbocycles. The second-order valence-corrected chi connectivity index (χ2v) is 9.24. The third-order valence-corrected chi connectivity index (χ3v) is 5.74. The van der Waals surface area contributed by atoms with Gasteiger partial charge in [0.25, 0.3) is 11.8 Å². The number of amidine groups is 1. The van der Waals surface area contributed by atoms with E-state index in [0.717, 1.165) is 16.7 Å². The lowest BCUT2D eigenvalue weighted by Crippen LogP contribution is -2.73. The van der Waals surface area contributed by atoms with Crippen molar-refractivity contribution in [3.8, 4) is 5.75 Å². The molecule has 0 bridgehead atoms. The van der Waals surface area contributed by atoms with Crippen LogP contribution in [-0.4, -0.2) is 69.6 Å². The summed E-state index contributed by atoms with van der Waals surface area (Å²) in [5.74, 6) is -2.84. The number of aliphatic carboxylic acids is 1. The van der Waals surface area contributed by atoms with E-state index in [1.165, 1.54) is 0 Å². The Labute approximate surface area is 183 Å². The van der Waals surface area contributed by atoms with Gasteiger partial charge in [0, 0.05) is 0 Å². The number of para-hydroxylation sites is 1. The third-order valence-electron chi connectivity index (χ3n) is 4.42. The molecule has 2 amide bonds. The predicted molar refractivity (Wildman–Crippen MR) is 111 cm³/mol. The SMILES string of the molecule is CC(C)(C)C(=O)OCC1N=C(C(=O)O)N2C(=O)C(NC(=O)COc3ccccc3)C2S1. The van der Waals surface area contributed by atoms with Gasteiger partial charge in [-0.05, 0) is 32.9 Å². The van der Waals surface area contributed by atoms with Crippen molar-refractivity contribution < 1.29 is 33.8 Å². The number of amides is 2. The van der Waals surface area contributed by atoms with E-state index in [1.807, 2.05) is 6.07 Å². The number of carboxylic acids is 1. The minimum absolute atomic E-state index is 0.145. The van der Waals surface area contributed by atoms with Gasteiger partial charge in [-0.1, -0.05) is 18.2 Å². The number of esters is 1. The fraction of sp³-hybridized carbons (Fsp3) is 0.450. The van der Waals surface area contributed by atoms with Crippen LogP contribution >= 0.6 is 11.8 Å². The van der Waals surface area contributed by atoms with E-state index >= 15 is 0 Å². The Morgan fingerprint density at radius 3 is 2.52 bits per heavy atom. The van der Waals surface area contributed by atoms with Gasteiger partial charge < -0.3 is 19.9 Å². The molecular formula is C20H23N3O7S. The summed E-state index contributed by atoms with van der Waals surface area (Å²) in [4.78, 5) is 53.3. The van der Waals surface area contributed by atoms with Crippen molar-refractivity contribution >= 4 is 41.4 Å². The molecule has 0 spiro atoms. The highest BCUT2D eigenvalue weighted by molar-refractivity contribution is 8.00. The lowest BCUT2D eigenvalue weighted by Gasteiger charge is -2.48. The topological polar surface area (TPSA) is 135 Å². The van der Waals surface area contributed by atoms with Crippen molar-refractivity contribution in [2.75, 3.05) is 13.2 Å². The number of nitrogens with one attached hydrogen (secondary N) is 1. The summed E-state index contributed by atoms with van der Waals surface area (Å²) in [5, 5.41) is 10.6. The summed E-state index contributed by atoms with van der Waals surface area (Å²) in [7, 11) is 0. The highest BCUT2D eigenvalue weighted by Crippen LogP contribution is 2.38. The number of hydrogen-bond donors (Lipinski definition) is 2. The van der Waals surface area contributed by atoms with Crippen molar-refractivity contribution in [3.05, 3.63) is 30.3 Å². The largest absolute Gasteiger partial charge is 0.484 e. The maximum atomic E-state index is 12.5. The zero-order valence-corrected chi connectivity index (χ0v) is 18.0. The van der Waals surface area contributed by atoms with E-state index in [1.54, 1.807) is 45.0 Å². The van der Waals surface area contributed by atoms with E-state index in [4.69, 9.17) is 9.47 Å². The molecule has 3 unspecified atom stereocenters. The molecular weight excluding hydrogens is 426 g/mol. The number of aliphatic imine (C=N–C) groups is 1. The second-order valence-electron chi connectivity index (χ2n) is 7.94. The number of carboxylic acid groups (broad SMARTS) is 1. The number of carbonyl (C=O) groups is 4. The summed E-state index contributed by atoms with van der Waals surface area (Å²) >= 11 is 1.14. The Hall–Kier alpha value is -3.08. The molecule has 11 heteroatoms. The number of hydrogen-bond acceptors (Lipinski definition) is 8. The lowest BCUT2D eigenvalue weighted by molar-refractivity contribution is -0.153. The molecule has 1 aromatic carbocycles. The maximum absolute atomic E-state index is 12.5. The molecule has 1 fully saturated rings. The van der Waals surface area contributed by atoms with Gasteiger partial charge in [0.1, 0.15) is 29.1 Å². The molecule has 0 radical (unpaired) electrons. The van der Waals surface area contributed by atoms with Crippen LogP contribution < -0.4 is 10.1 Å². The van der Waals surface area contributed by atoms with Crippen LogP contribution in [0.2, 0.25) is 0 Å². The number of ether oxygens (including phenoxy) is 2. The number of benzene rings is 1. The van der Waals surface area contributed by atoms with Crippen molar-refractivity contribution in [3.63, 3.8) is 0 Å². The smallest absolute Gasteiger partial charge is 0.371 e. The Balaban J connectivity index is 1.62. The molecule has 166 valence electrons. The fourth-order valence-corrected chi connectivity index (χ4v) is 4.13. The lowest BCUT2D eigenvalue weighted by atomic mass is 9.97. The van der Waals surface area contributed by atoms with E-state index in [9.17, 15) is 24.3 Å². The first-order chi connectivity index (χ1) is 14.6. The Morgan fingerprint density at radius 2 is 1.90 bits per heavy atom. The first-order valence-corrected chi connectivity index (χ1v) is 10.5. The van der Waals surface area contributed by atoms with Gasteiger partial charge in [0.15, 0.2) is 6.61 Å². The Kier molecular flexibility index (Phi) is 6.54. The predicted octanol–water partition coefficient (Wildman–Crippen LogP) is 0.864. The van der Waals surface area contributed by atoms with E-state index in [2.05, 4.69) is 10.3 Å². The van der Waals surface area contributed by atoms with E-state index in [-0.39, 0.29) is 13.2 Å². The highest BCUT2D eigenvalue weighted by Gasteiger charge is 2.55. The molecule has 2 heterocycles.